The summed E-state index contributed by atoms with van der Waals surface area (Å²) in [4.78, 5) is 0. The van der Waals surface area contributed by atoms with Crippen molar-refractivity contribution in [3.8, 4) is 11.5 Å². The van der Waals surface area contributed by atoms with Crippen molar-refractivity contribution < 1.29 is 9.47 Å². The summed E-state index contributed by atoms with van der Waals surface area (Å²) >= 11 is 0. The third-order valence-corrected chi connectivity index (χ3v) is 3.68. The smallest absolute Gasteiger partial charge is 0.163 e. The van der Waals surface area contributed by atoms with Gasteiger partial charge >= 0.3 is 0 Å². The Morgan fingerprint density at radius 1 is 1.20 bits per heavy atom. The van der Waals surface area contributed by atoms with Crippen LogP contribution in [0.4, 0.5) is 0 Å². The van der Waals surface area contributed by atoms with Crippen molar-refractivity contribution in [2.24, 2.45) is 7.05 Å². The first-order chi connectivity index (χ1) is 9.65. The molecule has 0 unspecified atom stereocenters. The first-order valence-corrected chi connectivity index (χ1v) is 7.26. The predicted molar refractivity (Wildman–Crippen MR) is 80.8 cm³/mol. The number of nitrogens with one attached hydrogen (secondary N) is 1. The molecule has 0 aliphatic carbocycles. The van der Waals surface area contributed by atoms with Gasteiger partial charge in [0.25, 0.3) is 0 Å². The van der Waals surface area contributed by atoms with E-state index >= 15 is 0 Å². The molecular weight excluding hydrogens is 252 g/mol. The van der Waals surface area contributed by atoms with Crippen molar-refractivity contribution in [2.75, 3.05) is 19.8 Å². The Balaban J connectivity index is 1.92. The van der Waals surface area contributed by atoms with Gasteiger partial charge in [0.15, 0.2) is 11.5 Å². The molecule has 0 fully saturated rings. The van der Waals surface area contributed by atoms with Gasteiger partial charge in [-0.2, -0.15) is 0 Å². The molecule has 0 amide bonds. The minimum absolute atomic E-state index is 0.523. The summed E-state index contributed by atoms with van der Waals surface area (Å²) in [5, 5.41) is 4.73. The molecule has 2 aromatic rings. The lowest BCUT2D eigenvalue weighted by atomic mass is 10.1. The van der Waals surface area contributed by atoms with Crippen LogP contribution in [0.3, 0.4) is 0 Å². The molecule has 0 atom stereocenters. The molecule has 20 heavy (non-hydrogen) atoms. The van der Waals surface area contributed by atoms with Crippen LogP contribution in [0.25, 0.3) is 10.9 Å². The average Bonchev–Trinajstić information content (AvgIpc) is 2.73. The molecule has 0 spiro atoms. The maximum atomic E-state index is 5.69. The summed E-state index contributed by atoms with van der Waals surface area (Å²) in [6, 6.07) is 4.73. The number of aromatic nitrogens is 1. The number of rotatable bonds is 4. The van der Waals surface area contributed by atoms with Crippen LogP contribution in [0.5, 0.6) is 11.5 Å². The van der Waals surface area contributed by atoms with Crippen LogP contribution in [0.2, 0.25) is 0 Å². The number of benzene rings is 1. The molecule has 108 valence electrons. The second-order valence-electron chi connectivity index (χ2n) is 5.64. The van der Waals surface area contributed by atoms with Gasteiger partial charge in [0.1, 0.15) is 13.2 Å². The maximum Gasteiger partial charge on any atom is 0.163 e. The van der Waals surface area contributed by atoms with Crippen LogP contribution in [-0.4, -0.2) is 30.4 Å². The van der Waals surface area contributed by atoms with E-state index in [-0.39, 0.29) is 0 Å². The topological polar surface area (TPSA) is 35.4 Å². The van der Waals surface area contributed by atoms with Crippen LogP contribution in [0.1, 0.15) is 19.4 Å². The van der Waals surface area contributed by atoms with E-state index in [1.807, 2.05) is 0 Å². The third-order valence-electron chi connectivity index (χ3n) is 3.68. The standard InChI is InChI=1S/C16H22N2O2/c1-11(2)17-5-4-12-10-18(3)14-9-16-15(8-13(12)14)19-6-7-20-16/h8-11,17H,4-7H2,1-3H3. The molecule has 1 aliphatic heterocycles. The molecule has 3 rings (SSSR count). The lowest BCUT2D eigenvalue weighted by Crippen LogP contribution is -2.24. The van der Waals surface area contributed by atoms with E-state index in [0.29, 0.717) is 19.3 Å². The van der Waals surface area contributed by atoms with Gasteiger partial charge in [0, 0.05) is 30.7 Å². The van der Waals surface area contributed by atoms with E-state index in [1.165, 1.54) is 16.5 Å². The van der Waals surface area contributed by atoms with Gasteiger partial charge < -0.3 is 19.4 Å². The zero-order valence-corrected chi connectivity index (χ0v) is 12.4. The van der Waals surface area contributed by atoms with Crippen LogP contribution in [0, 0.1) is 0 Å². The van der Waals surface area contributed by atoms with Crippen molar-refractivity contribution >= 4 is 10.9 Å². The summed E-state index contributed by atoms with van der Waals surface area (Å²) in [5.41, 5.74) is 2.56. The highest BCUT2D eigenvalue weighted by molar-refractivity contribution is 5.87. The number of fused-ring (bicyclic) bond motifs is 2. The van der Waals surface area contributed by atoms with Gasteiger partial charge in [-0.15, -0.1) is 0 Å². The fourth-order valence-corrected chi connectivity index (χ4v) is 2.69. The van der Waals surface area contributed by atoms with E-state index in [9.17, 15) is 0 Å². The zero-order chi connectivity index (χ0) is 14.1. The molecule has 0 bridgehead atoms. The highest BCUT2D eigenvalue weighted by Gasteiger charge is 2.16. The normalized spacial score (nSPS) is 14.2. The highest BCUT2D eigenvalue weighted by Crippen LogP contribution is 2.36. The number of aryl methyl sites for hydroxylation is 1. The van der Waals surface area contributed by atoms with Gasteiger partial charge in [-0.3, -0.25) is 0 Å². The zero-order valence-electron chi connectivity index (χ0n) is 12.4. The summed E-state index contributed by atoms with van der Waals surface area (Å²) in [5.74, 6) is 1.73. The second-order valence-corrected chi connectivity index (χ2v) is 5.64. The summed E-state index contributed by atoms with van der Waals surface area (Å²) in [7, 11) is 2.08. The van der Waals surface area contributed by atoms with E-state index in [0.717, 1.165) is 24.5 Å². The molecular formula is C16H22N2O2. The highest BCUT2D eigenvalue weighted by atomic mass is 16.6. The first-order valence-electron chi connectivity index (χ1n) is 7.26. The minimum atomic E-state index is 0.523. The molecule has 4 nitrogen and oxygen atoms in total. The SMILES string of the molecule is CC(C)NCCc1cn(C)c2cc3c(cc12)OCCO3. The van der Waals surface area contributed by atoms with Gasteiger partial charge in [-0.1, -0.05) is 13.8 Å². The Labute approximate surface area is 119 Å². The molecule has 0 radical (unpaired) electrons. The Bertz CT molecular complexity index is 616. The van der Waals surface area contributed by atoms with E-state index in [4.69, 9.17) is 9.47 Å². The van der Waals surface area contributed by atoms with Crippen molar-refractivity contribution in [3.63, 3.8) is 0 Å². The van der Waals surface area contributed by atoms with Crippen molar-refractivity contribution in [1.29, 1.82) is 0 Å². The van der Waals surface area contributed by atoms with Crippen molar-refractivity contribution in [1.82, 2.24) is 9.88 Å². The average molecular weight is 274 g/mol. The second kappa shape index (κ2) is 5.37. The Hall–Kier alpha value is -1.68. The molecule has 0 saturated heterocycles. The van der Waals surface area contributed by atoms with Crippen LogP contribution >= 0.6 is 0 Å². The Morgan fingerprint density at radius 3 is 2.60 bits per heavy atom. The van der Waals surface area contributed by atoms with Crippen molar-refractivity contribution in [2.45, 2.75) is 26.3 Å². The molecule has 1 aromatic heterocycles. The molecule has 0 saturated carbocycles. The fourth-order valence-electron chi connectivity index (χ4n) is 2.69. The van der Waals surface area contributed by atoms with Crippen LogP contribution < -0.4 is 14.8 Å². The van der Waals surface area contributed by atoms with Gasteiger partial charge in [0.2, 0.25) is 0 Å². The Kier molecular flexibility index (Phi) is 3.57. The number of nitrogens with zero attached hydrogens (tertiary/aromatic N) is 1. The predicted octanol–water partition coefficient (Wildman–Crippen LogP) is 2.49. The quantitative estimate of drug-likeness (QED) is 0.930. The molecule has 1 aliphatic rings. The monoisotopic (exact) mass is 274 g/mol. The largest absolute Gasteiger partial charge is 0.486 e. The van der Waals surface area contributed by atoms with E-state index in [1.54, 1.807) is 0 Å². The number of ether oxygens (including phenoxy) is 2. The van der Waals surface area contributed by atoms with E-state index in [2.05, 4.69) is 49.1 Å². The number of hydrogen-bond acceptors (Lipinski definition) is 3. The van der Waals surface area contributed by atoms with Gasteiger partial charge in [-0.25, -0.2) is 0 Å². The molecule has 1 aromatic carbocycles. The molecule has 1 N–H and O–H groups in total. The Morgan fingerprint density at radius 2 is 1.90 bits per heavy atom. The minimum Gasteiger partial charge on any atom is -0.486 e. The lowest BCUT2D eigenvalue weighted by molar-refractivity contribution is 0.172. The summed E-state index contributed by atoms with van der Waals surface area (Å²) in [6.45, 7) is 6.60. The summed E-state index contributed by atoms with van der Waals surface area (Å²) < 4.78 is 13.5. The van der Waals surface area contributed by atoms with Gasteiger partial charge in [-0.05, 0) is 24.6 Å². The first kappa shape index (κ1) is 13.3. The van der Waals surface area contributed by atoms with Gasteiger partial charge in [0.05, 0.1) is 5.52 Å². The molecule has 2 heterocycles. The fraction of sp³-hybridized carbons (Fsp3) is 0.500. The third kappa shape index (κ3) is 2.48. The van der Waals surface area contributed by atoms with Crippen LogP contribution in [-0.2, 0) is 13.5 Å². The lowest BCUT2D eigenvalue weighted by Gasteiger charge is -2.18. The van der Waals surface area contributed by atoms with Crippen molar-refractivity contribution in [3.05, 3.63) is 23.9 Å². The number of hydrogen-bond donors (Lipinski definition) is 1. The summed E-state index contributed by atoms with van der Waals surface area (Å²) in [6.07, 6.45) is 3.23. The van der Waals surface area contributed by atoms with E-state index < -0.39 is 0 Å². The molecule has 4 heteroatoms. The van der Waals surface area contributed by atoms with Crippen LogP contribution in [0.15, 0.2) is 18.3 Å². The maximum absolute atomic E-state index is 5.69.